The van der Waals surface area contributed by atoms with Crippen LogP contribution in [0.2, 0.25) is 0 Å². The summed E-state index contributed by atoms with van der Waals surface area (Å²) in [5.41, 5.74) is 2.67. The van der Waals surface area contributed by atoms with Crippen LogP contribution in [0.15, 0.2) is 51.2 Å². The van der Waals surface area contributed by atoms with Crippen molar-refractivity contribution in [3.05, 3.63) is 57.8 Å². The van der Waals surface area contributed by atoms with E-state index in [-0.39, 0.29) is 18.0 Å². The second kappa shape index (κ2) is 10.2. The van der Waals surface area contributed by atoms with Crippen LogP contribution in [0.5, 0.6) is 23.0 Å². The Morgan fingerprint density at radius 1 is 0.969 bits per heavy atom. The predicted molar refractivity (Wildman–Crippen MR) is 123 cm³/mol. The molecule has 0 fully saturated rings. The molecule has 32 heavy (non-hydrogen) atoms. The molecule has 0 atom stereocenters. The molecule has 170 valence electrons. The average molecular weight is 440 g/mol. The molecule has 0 radical (unpaired) electrons. The van der Waals surface area contributed by atoms with Crippen molar-refractivity contribution in [3.8, 4) is 34.3 Å². The summed E-state index contributed by atoms with van der Waals surface area (Å²) in [4.78, 5) is 13.5. The minimum Gasteiger partial charge on any atom is -0.493 e. The fourth-order valence-electron chi connectivity index (χ4n) is 3.39. The van der Waals surface area contributed by atoms with E-state index in [2.05, 4.69) is 0 Å². The van der Waals surface area contributed by atoms with Gasteiger partial charge >= 0.3 is 0 Å². The number of rotatable bonds is 9. The lowest BCUT2D eigenvalue weighted by atomic mass is 10.0. The average Bonchev–Trinajstić information content (AvgIpc) is 2.80. The first-order valence-corrected chi connectivity index (χ1v) is 10.1. The van der Waals surface area contributed by atoms with Gasteiger partial charge in [0.05, 0.1) is 26.7 Å². The number of ether oxygens (including phenoxy) is 5. The molecule has 0 N–H and O–H groups in total. The van der Waals surface area contributed by atoms with Crippen molar-refractivity contribution in [1.29, 1.82) is 0 Å². The minimum atomic E-state index is -0.256. The van der Waals surface area contributed by atoms with E-state index < -0.39 is 0 Å². The normalized spacial score (nSPS) is 10.7. The van der Waals surface area contributed by atoms with Gasteiger partial charge < -0.3 is 28.1 Å². The van der Waals surface area contributed by atoms with E-state index in [4.69, 9.17) is 28.1 Å². The standard InChI is InChI=1S/C25H28O7/c1-15(2)7-8-16-11-18(31-14-27-3)13-21-22(16)23(26)25(30-6)24(32-21)17-9-10-19(28-4)20(12-17)29-5/h7,9-13H,8,14H2,1-6H3. The number of hydrogen-bond acceptors (Lipinski definition) is 7. The third-order valence-electron chi connectivity index (χ3n) is 4.93. The number of fused-ring (bicyclic) bond motifs is 1. The van der Waals surface area contributed by atoms with Gasteiger partial charge in [-0.05, 0) is 50.1 Å². The third-order valence-corrected chi connectivity index (χ3v) is 4.93. The molecule has 1 heterocycles. The molecule has 2 aromatic carbocycles. The predicted octanol–water partition coefficient (Wildman–Crippen LogP) is 4.98. The molecule has 0 saturated carbocycles. The maximum atomic E-state index is 13.5. The Kier molecular flexibility index (Phi) is 7.43. The molecular formula is C25H28O7. The van der Waals surface area contributed by atoms with E-state index in [0.29, 0.717) is 46.0 Å². The summed E-state index contributed by atoms with van der Waals surface area (Å²) in [5, 5.41) is 0.452. The Morgan fingerprint density at radius 3 is 2.34 bits per heavy atom. The van der Waals surface area contributed by atoms with Crippen LogP contribution in [0, 0.1) is 0 Å². The lowest BCUT2D eigenvalue weighted by molar-refractivity contribution is 0.0511. The Morgan fingerprint density at radius 2 is 1.72 bits per heavy atom. The summed E-state index contributed by atoms with van der Waals surface area (Å²) in [5.74, 6) is 2.04. The van der Waals surface area contributed by atoms with E-state index >= 15 is 0 Å². The summed E-state index contributed by atoms with van der Waals surface area (Å²) in [6, 6.07) is 8.78. The Bertz CT molecular complexity index is 1190. The summed E-state index contributed by atoms with van der Waals surface area (Å²) >= 11 is 0. The van der Waals surface area contributed by atoms with Gasteiger partial charge in [0, 0.05) is 18.7 Å². The molecule has 0 aliphatic heterocycles. The lowest BCUT2D eigenvalue weighted by Crippen LogP contribution is -2.10. The summed E-state index contributed by atoms with van der Waals surface area (Å²) < 4.78 is 33.1. The van der Waals surface area contributed by atoms with Gasteiger partial charge in [0.15, 0.2) is 24.1 Å². The topological polar surface area (TPSA) is 76.4 Å². The first-order chi connectivity index (χ1) is 15.4. The molecular weight excluding hydrogens is 412 g/mol. The Balaban J connectivity index is 2.29. The monoisotopic (exact) mass is 440 g/mol. The van der Waals surface area contributed by atoms with E-state index in [1.165, 1.54) is 7.11 Å². The maximum absolute atomic E-state index is 13.5. The fraction of sp³-hybridized carbons (Fsp3) is 0.320. The van der Waals surface area contributed by atoms with Crippen molar-refractivity contribution in [2.75, 3.05) is 35.2 Å². The van der Waals surface area contributed by atoms with Crippen LogP contribution in [0.4, 0.5) is 0 Å². The van der Waals surface area contributed by atoms with Crippen LogP contribution in [-0.2, 0) is 11.2 Å². The van der Waals surface area contributed by atoms with Crippen molar-refractivity contribution >= 4 is 11.0 Å². The van der Waals surface area contributed by atoms with Gasteiger partial charge in [0.2, 0.25) is 11.2 Å². The second-order valence-electron chi connectivity index (χ2n) is 7.36. The lowest BCUT2D eigenvalue weighted by Gasteiger charge is -2.14. The summed E-state index contributed by atoms with van der Waals surface area (Å²) in [7, 11) is 6.10. The highest BCUT2D eigenvalue weighted by Crippen LogP contribution is 2.38. The molecule has 0 saturated heterocycles. The van der Waals surface area contributed by atoms with E-state index in [1.807, 2.05) is 26.0 Å². The molecule has 7 heteroatoms. The molecule has 0 aliphatic rings. The summed E-state index contributed by atoms with van der Waals surface area (Å²) in [6.45, 7) is 4.09. The van der Waals surface area contributed by atoms with Gasteiger partial charge in [0.25, 0.3) is 0 Å². The van der Waals surface area contributed by atoms with Gasteiger partial charge in [-0.1, -0.05) is 11.6 Å². The van der Waals surface area contributed by atoms with E-state index in [0.717, 1.165) is 11.1 Å². The SMILES string of the molecule is COCOc1cc(CC=C(C)C)c2c(=O)c(OC)c(-c3ccc(OC)c(OC)c3)oc2c1. The molecule has 1 aromatic heterocycles. The Labute approximate surface area is 187 Å². The summed E-state index contributed by atoms with van der Waals surface area (Å²) in [6.07, 6.45) is 2.59. The highest BCUT2D eigenvalue weighted by molar-refractivity contribution is 5.86. The molecule has 0 bridgehead atoms. The van der Waals surface area contributed by atoms with Crippen molar-refractivity contribution in [2.24, 2.45) is 0 Å². The second-order valence-corrected chi connectivity index (χ2v) is 7.36. The molecule has 0 spiro atoms. The van der Waals surface area contributed by atoms with Gasteiger partial charge in [-0.3, -0.25) is 4.79 Å². The zero-order valence-corrected chi connectivity index (χ0v) is 19.2. The maximum Gasteiger partial charge on any atom is 0.235 e. The van der Waals surface area contributed by atoms with Gasteiger partial charge in [-0.2, -0.15) is 0 Å². The smallest absolute Gasteiger partial charge is 0.235 e. The van der Waals surface area contributed by atoms with E-state index in [9.17, 15) is 4.79 Å². The van der Waals surface area contributed by atoms with Gasteiger partial charge in [-0.25, -0.2) is 0 Å². The van der Waals surface area contributed by atoms with Crippen LogP contribution < -0.4 is 24.4 Å². The molecule has 0 amide bonds. The van der Waals surface area contributed by atoms with Crippen LogP contribution in [0.1, 0.15) is 19.4 Å². The van der Waals surface area contributed by atoms with Crippen LogP contribution in [0.25, 0.3) is 22.3 Å². The number of benzene rings is 2. The molecule has 3 rings (SSSR count). The van der Waals surface area contributed by atoms with Crippen LogP contribution in [0.3, 0.4) is 0 Å². The highest BCUT2D eigenvalue weighted by Gasteiger charge is 2.21. The van der Waals surface area contributed by atoms with Crippen molar-refractivity contribution in [2.45, 2.75) is 20.3 Å². The molecule has 0 aliphatic carbocycles. The third kappa shape index (κ3) is 4.73. The first-order valence-electron chi connectivity index (χ1n) is 10.1. The van der Waals surface area contributed by atoms with Crippen LogP contribution in [-0.4, -0.2) is 35.2 Å². The molecule has 3 aromatic rings. The highest BCUT2D eigenvalue weighted by atomic mass is 16.7. The first kappa shape index (κ1) is 23.2. The minimum absolute atomic E-state index is 0.0799. The van der Waals surface area contributed by atoms with Gasteiger partial charge in [-0.15, -0.1) is 0 Å². The zero-order chi connectivity index (χ0) is 23.3. The van der Waals surface area contributed by atoms with Crippen molar-refractivity contribution in [1.82, 2.24) is 0 Å². The van der Waals surface area contributed by atoms with Crippen molar-refractivity contribution < 1.29 is 28.1 Å². The molecule has 0 unspecified atom stereocenters. The number of methoxy groups -OCH3 is 4. The Hall–Kier alpha value is -3.45. The quantitative estimate of drug-likeness (QED) is 0.343. The van der Waals surface area contributed by atoms with Crippen LogP contribution >= 0.6 is 0 Å². The van der Waals surface area contributed by atoms with E-state index in [1.54, 1.807) is 45.6 Å². The number of allylic oxidation sites excluding steroid dienone is 2. The van der Waals surface area contributed by atoms with Crippen molar-refractivity contribution in [3.63, 3.8) is 0 Å². The molecule has 7 nitrogen and oxygen atoms in total. The zero-order valence-electron chi connectivity index (χ0n) is 19.2. The van der Waals surface area contributed by atoms with Gasteiger partial charge in [0.1, 0.15) is 11.3 Å². The largest absolute Gasteiger partial charge is 0.493 e. The fourth-order valence-corrected chi connectivity index (χ4v) is 3.39. The number of hydrogen-bond donors (Lipinski definition) is 0.